The maximum Gasteiger partial charge on any atom is 0.254 e. The molecule has 4 rings (SSSR count). The molecule has 3 aromatic rings. The highest BCUT2D eigenvalue weighted by Gasteiger charge is 2.35. The maximum absolute atomic E-state index is 13.5. The molecule has 2 heterocycles. The first kappa shape index (κ1) is 24.4. The second kappa shape index (κ2) is 10.2. The van der Waals surface area contributed by atoms with Crippen LogP contribution in [0.4, 0.5) is 0 Å². The number of amides is 2. The van der Waals surface area contributed by atoms with Crippen molar-refractivity contribution in [1.29, 1.82) is 0 Å². The van der Waals surface area contributed by atoms with E-state index in [0.29, 0.717) is 38.7 Å². The summed E-state index contributed by atoms with van der Waals surface area (Å²) in [6.45, 7) is 2.68. The number of halogens is 4. The van der Waals surface area contributed by atoms with Crippen molar-refractivity contribution in [2.75, 3.05) is 19.6 Å². The fourth-order valence-corrected chi connectivity index (χ4v) is 5.75. The molecule has 1 aliphatic rings. The van der Waals surface area contributed by atoms with Gasteiger partial charge in [-0.1, -0.05) is 52.5 Å². The van der Waals surface area contributed by atoms with Crippen molar-refractivity contribution < 1.29 is 9.59 Å². The fourth-order valence-electron chi connectivity index (χ4n) is 4.04. The zero-order valence-corrected chi connectivity index (χ0v) is 21.5. The number of hydrogen-bond donors (Lipinski definition) is 0. The summed E-state index contributed by atoms with van der Waals surface area (Å²) in [4.78, 5) is 31.2. The molecule has 0 saturated carbocycles. The SMILES string of the molecule is CCN(CC(=O)N1CCc2sccc2C1c1ccc(Cl)cc1Cl)C(=O)c1ccc(Cl)c(Cl)c1. The van der Waals surface area contributed by atoms with Crippen LogP contribution in [0.2, 0.25) is 20.1 Å². The first-order valence-corrected chi connectivity index (χ1v) is 12.7. The van der Waals surface area contributed by atoms with Crippen LogP contribution in [0, 0.1) is 0 Å². The molecule has 0 bridgehead atoms. The van der Waals surface area contributed by atoms with Gasteiger partial charge in [-0.2, -0.15) is 0 Å². The van der Waals surface area contributed by atoms with E-state index in [-0.39, 0.29) is 24.4 Å². The molecule has 2 aromatic carbocycles. The van der Waals surface area contributed by atoms with Gasteiger partial charge in [-0.15, -0.1) is 11.3 Å². The Hall–Kier alpha value is -1.76. The second-order valence-corrected chi connectivity index (χ2v) is 10.3. The van der Waals surface area contributed by atoms with Crippen LogP contribution in [-0.4, -0.2) is 41.2 Å². The highest BCUT2D eigenvalue weighted by Crippen LogP contribution is 2.41. The van der Waals surface area contributed by atoms with E-state index in [1.165, 1.54) is 15.8 Å². The normalized spacial score (nSPS) is 15.3. The van der Waals surface area contributed by atoms with Crippen molar-refractivity contribution in [2.24, 2.45) is 0 Å². The second-order valence-electron chi connectivity index (χ2n) is 7.65. The fraction of sp³-hybridized carbons (Fsp3) is 0.250. The molecule has 0 aliphatic carbocycles. The third kappa shape index (κ3) is 5.03. The number of fused-ring (bicyclic) bond motifs is 1. The van der Waals surface area contributed by atoms with E-state index >= 15 is 0 Å². The van der Waals surface area contributed by atoms with E-state index in [1.807, 2.05) is 24.4 Å². The molecule has 0 N–H and O–H groups in total. The van der Waals surface area contributed by atoms with E-state index in [0.717, 1.165) is 17.5 Å². The Morgan fingerprint density at radius 2 is 1.79 bits per heavy atom. The van der Waals surface area contributed by atoms with Crippen LogP contribution in [0.15, 0.2) is 47.8 Å². The Bertz CT molecular complexity index is 1210. The van der Waals surface area contributed by atoms with E-state index in [2.05, 4.69) is 0 Å². The zero-order valence-electron chi connectivity index (χ0n) is 17.7. The third-order valence-electron chi connectivity index (χ3n) is 5.70. The van der Waals surface area contributed by atoms with Crippen molar-refractivity contribution in [3.8, 4) is 0 Å². The lowest BCUT2D eigenvalue weighted by Crippen LogP contribution is -2.46. The minimum absolute atomic E-state index is 0.0588. The molecule has 1 aromatic heterocycles. The number of benzene rings is 2. The summed E-state index contributed by atoms with van der Waals surface area (Å²) in [6.07, 6.45) is 0.757. The summed E-state index contributed by atoms with van der Waals surface area (Å²) in [6, 6.07) is 11.7. The molecule has 0 radical (unpaired) electrons. The van der Waals surface area contributed by atoms with Gasteiger partial charge >= 0.3 is 0 Å². The molecule has 0 fully saturated rings. The Morgan fingerprint density at radius 3 is 2.48 bits per heavy atom. The van der Waals surface area contributed by atoms with Crippen molar-refractivity contribution in [3.63, 3.8) is 0 Å². The number of hydrogen-bond acceptors (Lipinski definition) is 3. The predicted molar refractivity (Wildman–Crippen MR) is 136 cm³/mol. The van der Waals surface area contributed by atoms with E-state index < -0.39 is 0 Å². The van der Waals surface area contributed by atoms with Gasteiger partial charge in [0.05, 0.1) is 16.1 Å². The molecule has 33 heavy (non-hydrogen) atoms. The summed E-state index contributed by atoms with van der Waals surface area (Å²) < 4.78 is 0. The first-order valence-electron chi connectivity index (χ1n) is 10.3. The average Bonchev–Trinajstić information content (AvgIpc) is 3.27. The molecule has 4 nitrogen and oxygen atoms in total. The molecule has 1 unspecified atom stereocenters. The minimum atomic E-state index is -0.337. The third-order valence-corrected chi connectivity index (χ3v) is 8.00. The van der Waals surface area contributed by atoms with Crippen LogP contribution in [0.1, 0.15) is 39.3 Å². The van der Waals surface area contributed by atoms with Gasteiger partial charge in [0.2, 0.25) is 5.91 Å². The number of nitrogens with zero attached hydrogens (tertiary/aromatic N) is 2. The van der Waals surface area contributed by atoms with Crippen molar-refractivity contribution in [1.82, 2.24) is 9.80 Å². The quantitative estimate of drug-likeness (QED) is 0.349. The van der Waals surface area contributed by atoms with E-state index in [9.17, 15) is 9.59 Å². The number of rotatable bonds is 5. The molecule has 0 saturated heterocycles. The van der Waals surface area contributed by atoms with Gasteiger partial charge in [0, 0.05) is 33.6 Å². The average molecular weight is 542 g/mol. The highest BCUT2D eigenvalue weighted by molar-refractivity contribution is 7.10. The lowest BCUT2D eigenvalue weighted by Gasteiger charge is -2.38. The first-order chi connectivity index (χ1) is 15.8. The smallest absolute Gasteiger partial charge is 0.254 e. The lowest BCUT2D eigenvalue weighted by atomic mass is 9.93. The number of thiophene rings is 1. The summed E-state index contributed by atoms with van der Waals surface area (Å²) in [5, 5.41) is 3.73. The van der Waals surface area contributed by atoms with Gasteiger partial charge in [-0.3, -0.25) is 9.59 Å². The lowest BCUT2D eigenvalue weighted by molar-refractivity contribution is -0.134. The molecular weight excluding hydrogens is 522 g/mol. The van der Waals surface area contributed by atoms with Crippen molar-refractivity contribution in [3.05, 3.63) is 89.5 Å². The van der Waals surface area contributed by atoms with Gasteiger partial charge in [0.1, 0.15) is 6.54 Å². The number of carbonyl (C=O) groups is 2. The Kier molecular flexibility index (Phi) is 7.56. The largest absolute Gasteiger partial charge is 0.330 e. The topological polar surface area (TPSA) is 40.6 Å². The van der Waals surface area contributed by atoms with Gasteiger partial charge in [0.15, 0.2) is 0 Å². The van der Waals surface area contributed by atoms with Crippen LogP contribution >= 0.6 is 57.7 Å². The number of likely N-dealkylation sites (N-methyl/N-ethyl adjacent to an activating group) is 1. The zero-order chi connectivity index (χ0) is 23.7. The van der Waals surface area contributed by atoms with Crippen LogP contribution in [-0.2, 0) is 11.2 Å². The highest BCUT2D eigenvalue weighted by atomic mass is 35.5. The van der Waals surface area contributed by atoms with Crippen LogP contribution in [0.25, 0.3) is 0 Å². The maximum atomic E-state index is 13.5. The van der Waals surface area contributed by atoms with Crippen LogP contribution in [0.5, 0.6) is 0 Å². The van der Waals surface area contributed by atoms with Crippen molar-refractivity contribution >= 4 is 69.6 Å². The summed E-state index contributed by atoms with van der Waals surface area (Å²) in [7, 11) is 0. The molecule has 2 amide bonds. The van der Waals surface area contributed by atoms with E-state index in [4.69, 9.17) is 46.4 Å². The molecule has 172 valence electrons. The molecule has 1 aliphatic heterocycles. The van der Waals surface area contributed by atoms with Crippen molar-refractivity contribution in [2.45, 2.75) is 19.4 Å². The van der Waals surface area contributed by atoms with Crippen LogP contribution in [0.3, 0.4) is 0 Å². The standard InChI is InChI=1S/C24H20Cl4N2O2S/c1-2-29(24(32)14-3-6-18(26)20(28)11-14)13-22(31)30-9-7-21-17(8-10-33-21)23(30)16-5-4-15(25)12-19(16)27/h3-6,8,10-12,23H,2,7,9,13H2,1H3. The molecule has 9 heteroatoms. The van der Waals surface area contributed by atoms with Gasteiger partial charge in [-0.25, -0.2) is 0 Å². The van der Waals surface area contributed by atoms with E-state index in [1.54, 1.807) is 40.5 Å². The Labute approximate surface area is 216 Å². The monoisotopic (exact) mass is 540 g/mol. The predicted octanol–water partition coefficient (Wildman–Crippen LogP) is 7.00. The Balaban J connectivity index is 1.62. The summed E-state index contributed by atoms with van der Waals surface area (Å²) in [5.41, 5.74) is 2.26. The summed E-state index contributed by atoms with van der Waals surface area (Å²) in [5.74, 6) is -0.433. The molecular formula is C24H20Cl4N2O2S. The van der Waals surface area contributed by atoms with Gasteiger partial charge in [-0.05, 0) is 66.2 Å². The minimum Gasteiger partial charge on any atom is -0.330 e. The summed E-state index contributed by atoms with van der Waals surface area (Å²) >= 11 is 26.4. The van der Waals surface area contributed by atoms with Gasteiger partial charge < -0.3 is 9.80 Å². The van der Waals surface area contributed by atoms with Gasteiger partial charge in [0.25, 0.3) is 5.91 Å². The Morgan fingerprint density at radius 1 is 1.00 bits per heavy atom. The molecule has 0 spiro atoms. The molecule has 1 atom stereocenters. The van der Waals surface area contributed by atoms with Crippen LogP contribution < -0.4 is 0 Å². The number of carbonyl (C=O) groups excluding carboxylic acids is 2.